The van der Waals surface area contributed by atoms with Crippen molar-refractivity contribution in [3.8, 4) is 11.4 Å². The molecule has 0 aliphatic carbocycles. The Labute approximate surface area is 110 Å². The molecule has 0 bridgehead atoms. The van der Waals surface area contributed by atoms with Gasteiger partial charge in [-0.3, -0.25) is 0 Å². The van der Waals surface area contributed by atoms with Crippen molar-refractivity contribution in [3.05, 3.63) is 35.7 Å². The highest BCUT2D eigenvalue weighted by Gasteiger charge is 2.17. The molecule has 6 heteroatoms. The average molecular weight is 261 g/mol. The maximum atomic E-state index is 11.0. The number of hydrogen-bond acceptors (Lipinski definition) is 4. The number of aromatic nitrogens is 3. The second kappa shape index (κ2) is 5.51. The number of aromatic carboxylic acids is 1. The van der Waals surface area contributed by atoms with Crippen LogP contribution in [0.4, 0.5) is 0 Å². The molecule has 1 aromatic heterocycles. The first-order chi connectivity index (χ1) is 9.15. The Kier molecular flexibility index (Phi) is 3.79. The Morgan fingerprint density at radius 1 is 1.42 bits per heavy atom. The summed E-state index contributed by atoms with van der Waals surface area (Å²) in [5.74, 6) is -0.426. The molecule has 0 aliphatic rings. The van der Waals surface area contributed by atoms with Gasteiger partial charge in [0.15, 0.2) is 5.69 Å². The SMILES string of the molecule is CCCOc1ccccc1-n1nnc(C(=O)O)c1C. The first-order valence-corrected chi connectivity index (χ1v) is 6.03. The zero-order valence-corrected chi connectivity index (χ0v) is 10.8. The Bertz CT molecular complexity index is 593. The maximum Gasteiger partial charge on any atom is 0.358 e. The van der Waals surface area contributed by atoms with E-state index in [0.29, 0.717) is 23.7 Å². The number of carboxylic acids is 1. The molecule has 2 aromatic rings. The highest BCUT2D eigenvalue weighted by atomic mass is 16.5. The molecule has 0 saturated carbocycles. The standard InChI is InChI=1S/C13H15N3O3/c1-3-8-19-11-7-5-4-6-10(11)16-9(2)12(13(17)18)14-15-16/h4-7H,3,8H2,1-2H3,(H,17,18). The second-order valence-electron chi connectivity index (χ2n) is 4.06. The van der Waals surface area contributed by atoms with E-state index in [0.717, 1.165) is 6.42 Å². The number of rotatable bonds is 5. The van der Waals surface area contributed by atoms with Gasteiger partial charge in [-0.25, -0.2) is 9.48 Å². The number of nitrogens with zero attached hydrogens (tertiary/aromatic N) is 3. The van der Waals surface area contributed by atoms with Gasteiger partial charge < -0.3 is 9.84 Å². The fourth-order valence-corrected chi connectivity index (χ4v) is 1.72. The van der Waals surface area contributed by atoms with Crippen molar-refractivity contribution in [2.24, 2.45) is 0 Å². The van der Waals surface area contributed by atoms with Crippen LogP contribution < -0.4 is 4.74 Å². The fraction of sp³-hybridized carbons (Fsp3) is 0.308. The molecular formula is C13H15N3O3. The van der Waals surface area contributed by atoms with E-state index in [2.05, 4.69) is 10.3 Å². The zero-order chi connectivity index (χ0) is 13.8. The van der Waals surface area contributed by atoms with Crippen molar-refractivity contribution >= 4 is 5.97 Å². The van der Waals surface area contributed by atoms with Crippen molar-refractivity contribution in [1.29, 1.82) is 0 Å². The summed E-state index contributed by atoms with van der Waals surface area (Å²) in [4.78, 5) is 11.0. The van der Waals surface area contributed by atoms with E-state index in [1.807, 2.05) is 31.2 Å². The molecule has 1 aromatic carbocycles. The van der Waals surface area contributed by atoms with Gasteiger partial charge in [-0.2, -0.15) is 0 Å². The molecule has 6 nitrogen and oxygen atoms in total. The second-order valence-corrected chi connectivity index (χ2v) is 4.06. The molecule has 0 unspecified atom stereocenters. The highest BCUT2D eigenvalue weighted by molar-refractivity contribution is 5.86. The number of carbonyl (C=O) groups is 1. The summed E-state index contributed by atoms with van der Waals surface area (Å²) in [6, 6.07) is 7.35. The largest absolute Gasteiger partial charge is 0.491 e. The lowest BCUT2D eigenvalue weighted by Crippen LogP contribution is -2.05. The molecule has 0 saturated heterocycles. The minimum Gasteiger partial charge on any atom is -0.491 e. The molecule has 2 rings (SSSR count). The number of carboxylic acid groups (broad SMARTS) is 1. The average Bonchev–Trinajstić information content (AvgIpc) is 2.78. The summed E-state index contributed by atoms with van der Waals surface area (Å²) in [7, 11) is 0. The van der Waals surface area contributed by atoms with Gasteiger partial charge in [-0.15, -0.1) is 5.10 Å². The van der Waals surface area contributed by atoms with Crippen LogP contribution in [-0.2, 0) is 0 Å². The van der Waals surface area contributed by atoms with Crippen LogP contribution in [0.2, 0.25) is 0 Å². The Balaban J connectivity index is 2.44. The summed E-state index contributed by atoms with van der Waals surface area (Å²) in [6.07, 6.45) is 0.894. The van der Waals surface area contributed by atoms with E-state index < -0.39 is 5.97 Å². The smallest absolute Gasteiger partial charge is 0.358 e. The maximum absolute atomic E-state index is 11.0. The predicted octanol–water partition coefficient (Wildman–Crippen LogP) is 2.06. The summed E-state index contributed by atoms with van der Waals surface area (Å²) < 4.78 is 7.11. The van der Waals surface area contributed by atoms with Crippen LogP contribution in [0.1, 0.15) is 29.5 Å². The van der Waals surface area contributed by atoms with Gasteiger partial charge in [0.05, 0.1) is 12.3 Å². The third kappa shape index (κ3) is 2.57. The van der Waals surface area contributed by atoms with Crippen molar-refractivity contribution in [1.82, 2.24) is 15.0 Å². The fourth-order valence-electron chi connectivity index (χ4n) is 1.72. The van der Waals surface area contributed by atoms with Crippen molar-refractivity contribution in [2.45, 2.75) is 20.3 Å². The van der Waals surface area contributed by atoms with Crippen LogP contribution >= 0.6 is 0 Å². The van der Waals surface area contributed by atoms with Crippen molar-refractivity contribution < 1.29 is 14.6 Å². The topological polar surface area (TPSA) is 77.2 Å². The zero-order valence-electron chi connectivity index (χ0n) is 10.8. The van der Waals surface area contributed by atoms with E-state index in [1.165, 1.54) is 4.68 Å². The number of ether oxygens (including phenoxy) is 1. The van der Waals surface area contributed by atoms with Gasteiger partial charge in [0.2, 0.25) is 0 Å². The van der Waals surface area contributed by atoms with Gasteiger partial charge in [0, 0.05) is 0 Å². The Hall–Kier alpha value is -2.37. The van der Waals surface area contributed by atoms with E-state index in [1.54, 1.807) is 6.92 Å². The van der Waals surface area contributed by atoms with Gasteiger partial charge in [-0.1, -0.05) is 24.3 Å². The molecular weight excluding hydrogens is 246 g/mol. The third-order valence-corrected chi connectivity index (χ3v) is 2.65. The lowest BCUT2D eigenvalue weighted by atomic mass is 10.2. The van der Waals surface area contributed by atoms with Gasteiger partial charge in [-0.05, 0) is 25.5 Å². The van der Waals surface area contributed by atoms with Crippen LogP contribution in [0.3, 0.4) is 0 Å². The van der Waals surface area contributed by atoms with Crippen LogP contribution in [0.5, 0.6) is 5.75 Å². The Morgan fingerprint density at radius 2 is 2.16 bits per heavy atom. The molecule has 19 heavy (non-hydrogen) atoms. The number of benzene rings is 1. The quantitative estimate of drug-likeness (QED) is 0.891. The minimum atomic E-state index is -1.09. The molecule has 0 spiro atoms. The summed E-state index contributed by atoms with van der Waals surface area (Å²) in [5.41, 5.74) is 1.11. The van der Waals surface area contributed by atoms with Crippen LogP contribution in [-0.4, -0.2) is 32.7 Å². The summed E-state index contributed by atoms with van der Waals surface area (Å²) >= 11 is 0. The van der Waals surface area contributed by atoms with Crippen LogP contribution in [0.15, 0.2) is 24.3 Å². The molecule has 0 fully saturated rings. The minimum absolute atomic E-state index is 0.0507. The molecule has 100 valence electrons. The summed E-state index contributed by atoms with van der Waals surface area (Å²) in [6.45, 7) is 4.28. The summed E-state index contributed by atoms with van der Waals surface area (Å²) in [5, 5.41) is 16.5. The molecule has 0 amide bonds. The molecule has 0 atom stereocenters. The normalized spacial score (nSPS) is 10.4. The van der Waals surface area contributed by atoms with Crippen LogP contribution in [0.25, 0.3) is 5.69 Å². The van der Waals surface area contributed by atoms with E-state index in [-0.39, 0.29) is 5.69 Å². The van der Waals surface area contributed by atoms with E-state index >= 15 is 0 Å². The first kappa shape index (κ1) is 13.1. The van der Waals surface area contributed by atoms with Crippen LogP contribution in [0, 0.1) is 6.92 Å². The molecule has 1 N–H and O–H groups in total. The molecule has 1 heterocycles. The lowest BCUT2D eigenvalue weighted by Gasteiger charge is -2.11. The Morgan fingerprint density at radius 3 is 2.79 bits per heavy atom. The van der Waals surface area contributed by atoms with Gasteiger partial charge in [0.1, 0.15) is 11.4 Å². The molecule has 0 radical (unpaired) electrons. The predicted molar refractivity (Wildman–Crippen MR) is 68.8 cm³/mol. The lowest BCUT2D eigenvalue weighted by molar-refractivity contribution is 0.0689. The highest BCUT2D eigenvalue weighted by Crippen LogP contribution is 2.23. The van der Waals surface area contributed by atoms with Gasteiger partial charge >= 0.3 is 5.97 Å². The van der Waals surface area contributed by atoms with E-state index in [4.69, 9.17) is 9.84 Å². The number of hydrogen-bond donors (Lipinski definition) is 1. The molecule has 0 aliphatic heterocycles. The van der Waals surface area contributed by atoms with Crippen molar-refractivity contribution in [3.63, 3.8) is 0 Å². The van der Waals surface area contributed by atoms with Crippen molar-refractivity contribution in [2.75, 3.05) is 6.61 Å². The number of para-hydroxylation sites is 2. The third-order valence-electron chi connectivity index (χ3n) is 2.65. The first-order valence-electron chi connectivity index (χ1n) is 6.03. The monoisotopic (exact) mass is 261 g/mol. The van der Waals surface area contributed by atoms with Gasteiger partial charge in [0.25, 0.3) is 0 Å². The van der Waals surface area contributed by atoms with E-state index in [9.17, 15) is 4.79 Å².